The topological polar surface area (TPSA) is 56.8 Å². The van der Waals surface area contributed by atoms with Gasteiger partial charge in [-0.25, -0.2) is 0 Å². The summed E-state index contributed by atoms with van der Waals surface area (Å²) in [5.41, 5.74) is 1.15. The predicted molar refractivity (Wildman–Crippen MR) is 79.7 cm³/mol. The van der Waals surface area contributed by atoms with E-state index in [0.29, 0.717) is 19.6 Å². The standard InChI is InChI=1S/C16H23NO4/c1-12(17-8-3-5-16(18)19-2)13-6-7-14-15(11-13)21-10-4-9-20-14/h6-7,11-12,17H,3-5,8-10H2,1-2H3. The Morgan fingerprint density at radius 2 is 2.10 bits per heavy atom. The highest BCUT2D eigenvalue weighted by Gasteiger charge is 2.13. The van der Waals surface area contributed by atoms with Gasteiger partial charge in [0.1, 0.15) is 0 Å². The Labute approximate surface area is 125 Å². The highest BCUT2D eigenvalue weighted by Crippen LogP contribution is 2.32. The van der Waals surface area contributed by atoms with Crippen molar-refractivity contribution in [3.05, 3.63) is 23.8 Å². The highest BCUT2D eigenvalue weighted by atomic mass is 16.5. The number of carbonyl (C=O) groups is 1. The van der Waals surface area contributed by atoms with Gasteiger partial charge in [0.25, 0.3) is 0 Å². The molecule has 0 saturated heterocycles. The summed E-state index contributed by atoms with van der Waals surface area (Å²) in [6.45, 7) is 4.26. The van der Waals surface area contributed by atoms with Crippen molar-refractivity contribution in [3.63, 3.8) is 0 Å². The molecule has 2 rings (SSSR count). The van der Waals surface area contributed by atoms with E-state index in [1.54, 1.807) is 0 Å². The van der Waals surface area contributed by atoms with Crippen molar-refractivity contribution >= 4 is 5.97 Å². The van der Waals surface area contributed by atoms with Crippen LogP contribution in [-0.2, 0) is 9.53 Å². The molecule has 1 heterocycles. The van der Waals surface area contributed by atoms with E-state index in [0.717, 1.165) is 36.4 Å². The lowest BCUT2D eigenvalue weighted by Gasteiger charge is -2.16. The van der Waals surface area contributed by atoms with Crippen LogP contribution in [0.25, 0.3) is 0 Å². The summed E-state index contributed by atoms with van der Waals surface area (Å²) in [5.74, 6) is 1.46. The molecule has 0 spiro atoms. The van der Waals surface area contributed by atoms with Gasteiger partial charge in [0.2, 0.25) is 0 Å². The van der Waals surface area contributed by atoms with Crippen molar-refractivity contribution in [3.8, 4) is 11.5 Å². The molecule has 1 aliphatic rings. The minimum atomic E-state index is -0.167. The van der Waals surface area contributed by atoms with Crippen LogP contribution in [0.15, 0.2) is 18.2 Å². The summed E-state index contributed by atoms with van der Waals surface area (Å²) in [4.78, 5) is 11.0. The number of carbonyl (C=O) groups excluding carboxylic acids is 1. The molecule has 1 atom stereocenters. The maximum absolute atomic E-state index is 11.0. The predicted octanol–water partition coefficient (Wildman–Crippen LogP) is 2.45. The zero-order valence-corrected chi connectivity index (χ0v) is 12.7. The molecule has 5 heteroatoms. The second-order valence-corrected chi connectivity index (χ2v) is 5.11. The van der Waals surface area contributed by atoms with Gasteiger partial charge in [-0.3, -0.25) is 4.79 Å². The molecular weight excluding hydrogens is 270 g/mol. The number of methoxy groups -OCH3 is 1. The summed E-state index contributed by atoms with van der Waals surface area (Å²) in [7, 11) is 1.41. The van der Waals surface area contributed by atoms with E-state index < -0.39 is 0 Å². The van der Waals surface area contributed by atoms with Crippen LogP contribution in [-0.4, -0.2) is 32.8 Å². The van der Waals surface area contributed by atoms with Crippen LogP contribution in [0.3, 0.4) is 0 Å². The minimum absolute atomic E-state index is 0.167. The number of ether oxygens (including phenoxy) is 3. The van der Waals surface area contributed by atoms with Crippen LogP contribution in [0.5, 0.6) is 11.5 Å². The molecule has 0 aromatic heterocycles. The Bertz CT molecular complexity index is 475. The van der Waals surface area contributed by atoms with Gasteiger partial charge in [-0.1, -0.05) is 6.07 Å². The first kappa shape index (κ1) is 15.6. The van der Waals surface area contributed by atoms with E-state index >= 15 is 0 Å². The summed E-state index contributed by atoms with van der Waals surface area (Å²) >= 11 is 0. The van der Waals surface area contributed by atoms with E-state index in [1.807, 2.05) is 18.2 Å². The SMILES string of the molecule is COC(=O)CCCNC(C)c1ccc2c(c1)OCCCO2. The monoisotopic (exact) mass is 293 g/mol. The van der Waals surface area contributed by atoms with Gasteiger partial charge in [-0.2, -0.15) is 0 Å². The lowest BCUT2D eigenvalue weighted by atomic mass is 10.1. The third-order valence-electron chi connectivity index (χ3n) is 3.51. The number of fused-ring (bicyclic) bond motifs is 1. The molecule has 0 fully saturated rings. The van der Waals surface area contributed by atoms with Gasteiger partial charge in [0.15, 0.2) is 11.5 Å². The molecule has 1 aliphatic heterocycles. The number of esters is 1. The summed E-state index contributed by atoms with van der Waals surface area (Å²) < 4.78 is 15.9. The van der Waals surface area contributed by atoms with Crippen molar-refractivity contribution in [2.45, 2.75) is 32.2 Å². The molecule has 1 N–H and O–H groups in total. The fraction of sp³-hybridized carbons (Fsp3) is 0.562. The minimum Gasteiger partial charge on any atom is -0.490 e. The van der Waals surface area contributed by atoms with E-state index in [1.165, 1.54) is 7.11 Å². The van der Waals surface area contributed by atoms with Gasteiger partial charge in [-0.15, -0.1) is 0 Å². The number of benzene rings is 1. The number of nitrogens with one attached hydrogen (secondary N) is 1. The fourth-order valence-corrected chi connectivity index (χ4v) is 2.22. The average molecular weight is 293 g/mol. The van der Waals surface area contributed by atoms with Crippen LogP contribution in [0.4, 0.5) is 0 Å². The number of hydrogen-bond donors (Lipinski definition) is 1. The van der Waals surface area contributed by atoms with E-state index in [4.69, 9.17) is 9.47 Å². The average Bonchev–Trinajstić information content (AvgIpc) is 2.75. The quantitative estimate of drug-likeness (QED) is 0.645. The first-order valence-electron chi connectivity index (χ1n) is 7.40. The Balaban J connectivity index is 1.86. The second-order valence-electron chi connectivity index (χ2n) is 5.11. The Morgan fingerprint density at radius 3 is 2.86 bits per heavy atom. The molecule has 0 amide bonds. The van der Waals surface area contributed by atoms with Crippen LogP contribution >= 0.6 is 0 Å². The summed E-state index contributed by atoms with van der Waals surface area (Å²) in [5, 5.41) is 3.40. The number of rotatable bonds is 6. The third kappa shape index (κ3) is 4.63. The van der Waals surface area contributed by atoms with Crippen molar-refractivity contribution in [1.29, 1.82) is 0 Å². The first-order chi connectivity index (χ1) is 10.2. The second kappa shape index (κ2) is 7.88. The van der Waals surface area contributed by atoms with Gasteiger partial charge in [-0.05, 0) is 37.6 Å². The molecule has 21 heavy (non-hydrogen) atoms. The highest BCUT2D eigenvalue weighted by molar-refractivity contribution is 5.69. The van der Waals surface area contributed by atoms with Gasteiger partial charge < -0.3 is 19.5 Å². The molecule has 0 aliphatic carbocycles. The Morgan fingerprint density at radius 1 is 1.33 bits per heavy atom. The Kier molecular flexibility index (Phi) is 5.87. The maximum Gasteiger partial charge on any atom is 0.305 e. The fourth-order valence-electron chi connectivity index (χ4n) is 2.22. The number of hydrogen-bond acceptors (Lipinski definition) is 5. The van der Waals surface area contributed by atoms with Crippen molar-refractivity contribution in [1.82, 2.24) is 5.32 Å². The molecule has 5 nitrogen and oxygen atoms in total. The van der Waals surface area contributed by atoms with Crippen molar-refractivity contribution < 1.29 is 19.0 Å². The van der Waals surface area contributed by atoms with E-state index in [-0.39, 0.29) is 12.0 Å². The molecule has 1 aromatic carbocycles. The largest absolute Gasteiger partial charge is 0.490 e. The zero-order valence-electron chi connectivity index (χ0n) is 12.7. The van der Waals surface area contributed by atoms with Gasteiger partial charge >= 0.3 is 5.97 Å². The van der Waals surface area contributed by atoms with Crippen LogP contribution in [0.2, 0.25) is 0 Å². The van der Waals surface area contributed by atoms with Crippen molar-refractivity contribution in [2.75, 3.05) is 26.9 Å². The molecule has 0 bridgehead atoms. The van der Waals surface area contributed by atoms with E-state index in [9.17, 15) is 4.79 Å². The van der Waals surface area contributed by atoms with E-state index in [2.05, 4.69) is 17.0 Å². The lowest BCUT2D eigenvalue weighted by molar-refractivity contribution is -0.140. The molecule has 0 radical (unpaired) electrons. The smallest absolute Gasteiger partial charge is 0.305 e. The molecule has 116 valence electrons. The molecule has 1 unspecified atom stereocenters. The first-order valence-corrected chi connectivity index (χ1v) is 7.40. The van der Waals surface area contributed by atoms with Gasteiger partial charge in [0, 0.05) is 18.9 Å². The third-order valence-corrected chi connectivity index (χ3v) is 3.51. The van der Waals surface area contributed by atoms with Crippen LogP contribution in [0, 0.1) is 0 Å². The van der Waals surface area contributed by atoms with Crippen LogP contribution in [0.1, 0.15) is 37.8 Å². The van der Waals surface area contributed by atoms with Crippen molar-refractivity contribution in [2.24, 2.45) is 0 Å². The maximum atomic E-state index is 11.0. The summed E-state index contributed by atoms with van der Waals surface area (Å²) in [6, 6.07) is 6.23. The Hall–Kier alpha value is -1.75. The van der Waals surface area contributed by atoms with Crippen LogP contribution < -0.4 is 14.8 Å². The molecule has 1 aromatic rings. The molecule has 0 saturated carbocycles. The zero-order chi connectivity index (χ0) is 15.1. The van der Waals surface area contributed by atoms with Gasteiger partial charge in [0.05, 0.1) is 20.3 Å². The summed E-state index contributed by atoms with van der Waals surface area (Å²) in [6.07, 6.45) is 2.12. The molecular formula is C16H23NO4. The normalized spacial score (nSPS) is 15.1. The lowest BCUT2D eigenvalue weighted by Crippen LogP contribution is -2.20.